The van der Waals surface area contributed by atoms with Gasteiger partial charge in [-0.25, -0.2) is 4.98 Å². The van der Waals surface area contributed by atoms with Crippen LogP contribution in [0.2, 0.25) is 0 Å². The van der Waals surface area contributed by atoms with Gasteiger partial charge in [0.25, 0.3) is 5.56 Å². The predicted octanol–water partition coefficient (Wildman–Crippen LogP) is 4.32. The molecule has 0 spiro atoms. The summed E-state index contributed by atoms with van der Waals surface area (Å²) >= 11 is 0. The molecule has 31 heavy (non-hydrogen) atoms. The van der Waals surface area contributed by atoms with E-state index in [-0.39, 0.29) is 5.56 Å². The number of nitrogens with one attached hydrogen (secondary N) is 1. The van der Waals surface area contributed by atoms with Gasteiger partial charge in [-0.1, -0.05) is 12.1 Å². The lowest BCUT2D eigenvalue weighted by atomic mass is 9.89. The highest BCUT2D eigenvalue weighted by molar-refractivity contribution is 5.94. The van der Waals surface area contributed by atoms with E-state index in [1.807, 2.05) is 36.8 Å². The van der Waals surface area contributed by atoms with Gasteiger partial charge in [0.05, 0.1) is 7.11 Å². The van der Waals surface area contributed by atoms with Gasteiger partial charge in [-0.3, -0.25) is 4.79 Å². The summed E-state index contributed by atoms with van der Waals surface area (Å²) in [5, 5.41) is 0.929. The molecule has 1 fully saturated rings. The Morgan fingerprint density at radius 2 is 1.84 bits per heavy atom. The van der Waals surface area contributed by atoms with Gasteiger partial charge in [-0.15, -0.1) is 0 Å². The fourth-order valence-electron chi connectivity index (χ4n) is 4.55. The third-order valence-electron chi connectivity index (χ3n) is 6.36. The van der Waals surface area contributed by atoms with Gasteiger partial charge in [0.2, 0.25) is 0 Å². The number of ether oxygens (including phenoxy) is 1. The van der Waals surface area contributed by atoms with Crippen LogP contribution in [-0.4, -0.2) is 34.7 Å². The highest BCUT2D eigenvalue weighted by Crippen LogP contribution is 2.32. The van der Waals surface area contributed by atoms with E-state index in [1.54, 1.807) is 18.7 Å². The first-order chi connectivity index (χ1) is 15.1. The number of hydrogen-bond acceptors (Lipinski definition) is 4. The molecule has 0 amide bonds. The highest BCUT2D eigenvalue weighted by atomic mass is 16.5. The van der Waals surface area contributed by atoms with Gasteiger partial charge in [0.1, 0.15) is 17.1 Å². The molecule has 0 atom stereocenters. The van der Waals surface area contributed by atoms with E-state index in [0.717, 1.165) is 54.0 Å². The third-order valence-corrected chi connectivity index (χ3v) is 6.36. The van der Waals surface area contributed by atoms with Gasteiger partial charge in [-0.05, 0) is 54.7 Å². The Morgan fingerprint density at radius 1 is 1.06 bits per heavy atom. The number of piperidine rings is 1. The van der Waals surface area contributed by atoms with E-state index in [2.05, 4.69) is 34.1 Å². The van der Waals surface area contributed by atoms with Crippen molar-refractivity contribution < 1.29 is 4.74 Å². The van der Waals surface area contributed by atoms with Crippen LogP contribution in [-0.2, 0) is 7.05 Å². The van der Waals surface area contributed by atoms with Crippen LogP contribution >= 0.6 is 0 Å². The number of benzene rings is 1. The quantitative estimate of drug-likeness (QED) is 0.540. The molecule has 1 saturated heterocycles. The summed E-state index contributed by atoms with van der Waals surface area (Å²) in [6.45, 7) is 1.98. The van der Waals surface area contributed by atoms with Crippen LogP contribution < -0.4 is 15.2 Å². The molecule has 6 nitrogen and oxygen atoms in total. The Bertz CT molecular complexity index is 1250. The van der Waals surface area contributed by atoms with E-state index in [1.165, 1.54) is 5.56 Å². The number of rotatable bonds is 4. The molecule has 1 aliphatic heterocycles. The number of H-pyrrole nitrogens is 1. The average Bonchev–Trinajstić information content (AvgIpc) is 3.32. The maximum atomic E-state index is 12.3. The van der Waals surface area contributed by atoms with Crippen molar-refractivity contribution in [2.75, 3.05) is 25.1 Å². The second-order valence-electron chi connectivity index (χ2n) is 8.16. The molecule has 6 heteroatoms. The average molecular weight is 415 g/mol. The number of nitrogens with zero attached hydrogens (tertiary/aromatic N) is 3. The largest absolute Gasteiger partial charge is 0.497 e. The van der Waals surface area contributed by atoms with Crippen LogP contribution in [0.3, 0.4) is 0 Å². The third kappa shape index (κ3) is 3.58. The zero-order valence-corrected chi connectivity index (χ0v) is 17.8. The Hall–Kier alpha value is -3.54. The van der Waals surface area contributed by atoms with Crippen LogP contribution in [0.15, 0.2) is 65.8 Å². The Balaban J connectivity index is 1.32. The lowest BCUT2D eigenvalue weighted by molar-refractivity contribution is 0.414. The minimum Gasteiger partial charge on any atom is -0.497 e. The summed E-state index contributed by atoms with van der Waals surface area (Å²) < 4.78 is 6.89. The van der Waals surface area contributed by atoms with Gasteiger partial charge >= 0.3 is 0 Å². The number of aryl methyl sites for hydroxylation is 1. The van der Waals surface area contributed by atoms with Crippen LogP contribution in [0, 0.1) is 0 Å². The highest BCUT2D eigenvalue weighted by Gasteiger charge is 2.21. The van der Waals surface area contributed by atoms with Crippen molar-refractivity contribution in [1.82, 2.24) is 14.5 Å². The summed E-state index contributed by atoms with van der Waals surface area (Å²) in [4.78, 5) is 22.5. The number of fused-ring (bicyclic) bond motifs is 1. The molecule has 4 aromatic rings. The normalized spacial score (nSPS) is 14.8. The van der Waals surface area contributed by atoms with Crippen molar-refractivity contribution in [1.29, 1.82) is 0 Å². The number of aromatic nitrogens is 3. The Labute approximate surface area is 181 Å². The topological polar surface area (TPSA) is 63.1 Å². The first kappa shape index (κ1) is 19.4. The molecule has 4 heterocycles. The molecule has 0 unspecified atom stereocenters. The van der Waals surface area contributed by atoms with Crippen LogP contribution in [0.4, 0.5) is 5.82 Å². The van der Waals surface area contributed by atoms with Crippen LogP contribution in [0.5, 0.6) is 5.75 Å². The van der Waals surface area contributed by atoms with Crippen molar-refractivity contribution in [2.45, 2.75) is 18.8 Å². The van der Waals surface area contributed by atoms with Crippen molar-refractivity contribution >= 4 is 16.7 Å². The fourth-order valence-corrected chi connectivity index (χ4v) is 4.55. The fraction of sp³-hybridized carbons (Fsp3) is 0.280. The number of pyridine rings is 2. The minimum atomic E-state index is -0.0203. The number of hydrogen-bond donors (Lipinski definition) is 1. The molecule has 0 saturated carbocycles. The number of aromatic amines is 1. The minimum absolute atomic E-state index is 0.0203. The first-order valence-electron chi connectivity index (χ1n) is 10.7. The summed E-state index contributed by atoms with van der Waals surface area (Å²) in [7, 11) is 3.48. The van der Waals surface area contributed by atoms with Gasteiger partial charge < -0.3 is 19.2 Å². The molecule has 0 radical (unpaired) electrons. The maximum absolute atomic E-state index is 12.3. The Kier molecular flexibility index (Phi) is 4.98. The summed E-state index contributed by atoms with van der Waals surface area (Å²) in [6, 6.07) is 14.6. The van der Waals surface area contributed by atoms with Crippen LogP contribution in [0.25, 0.3) is 22.0 Å². The van der Waals surface area contributed by atoms with Crippen molar-refractivity contribution in [3.63, 3.8) is 0 Å². The number of methoxy groups -OCH3 is 1. The predicted molar refractivity (Wildman–Crippen MR) is 124 cm³/mol. The summed E-state index contributed by atoms with van der Waals surface area (Å²) in [5.74, 6) is 2.49. The Morgan fingerprint density at radius 3 is 2.52 bits per heavy atom. The van der Waals surface area contributed by atoms with E-state index < -0.39 is 0 Å². The van der Waals surface area contributed by atoms with E-state index in [4.69, 9.17) is 9.72 Å². The molecule has 0 bridgehead atoms. The first-order valence-corrected chi connectivity index (χ1v) is 10.7. The van der Waals surface area contributed by atoms with Crippen LogP contribution in [0.1, 0.15) is 24.3 Å². The molecule has 1 N–H and O–H groups in total. The molecule has 1 aromatic carbocycles. The lowest BCUT2D eigenvalue weighted by Crippen LogP contribution is -2.33. The maximum Gasteiger partial charge on any atom is 0.274 e. The molecule has 158 valence electrons. The SMILES string of the molecule is COc1ccc(C2CCN(c3ccc(-c4cn(C)c(=O)c5[nH]ccc45)cn3)CC2)cc1. The molecule has 0 aliphatic carbocycles. The lowest BCUT2D eigenvalue weighted by Gasteiger charge is -2.33. The molecule has 1 aliphatic rings. The standard InChI is InChI=1S/C25H26N4O2/c1-28-16-22(21-9-12-26-24(21)25(28)30)19-5-8-23(27-15-19)29-13-10-18(11-14-29)17-3-6-20(31-2)7-4-17/h3-9,12,15-16,18,26H,10-11,13-14H2,1-2H3. The summed E-state index contributed by atoms with van der Waals surface area (Å²) in [5.41, 5.74) is 4.01. The second kappa shape index (κ2) is 7.95. The van der Waals surface area contributed by atoms with Gasteiger partial charge in [0, 0.05) is 55.2 Å². The zero-order valence-electron chi connectivity index (χ0n) is 17.8. The van der Waals surface area contributed by atoms with Gasteiger partial charge in [-0.2, -0.15) is 0 Å². The summed E-state index contributed by atoms with van der Waals surface area (Å²) in [6.07, 6.45) is 7.83. The smallest absolute Gasteiger partial charge is 0.274 e. The molecule has 3 aromatic heterocycles. The second-order valence-corrected chi connectivity index (χ2v) is 8.16. The van der Waals surface area contributed by atoms with E-state index in [0.29, 0.717) is 11.4 Å². The number of anilines is 1. The van der Waals surface area contributed by atoms with Crippen molar-refractivity contribution in [3.05, 3.63) is 77.0 Å². The van der Waals surface area contributed by atoms with Gasteiger partial charge in [0.15, 0.2) is 0 Å². The van der Waals surface area contributed by atoms with Crippen molar-refractivity contribution in [3.8, 4) is 16.9 Å². The van der Waals surface area contributed by atoms with E-state index >= 15 is 0 Å². The zero-order chi connectivity index (χ0) is 21.4. The molecule has 5 rings (SSSR count). The van der Waals surface area contributed by atoms with Crippen molar-refractivity contribution in [2.24, 2.45) is 7.05 Å². The molecular weight excluding hydrogens is 388 g/mol. The molecular formula is C25H26N4O2. The monoisotopic (exact) mass is 414 g/mol. The van der Waals surface area contributed by atoms with E-state index in [9.17, 15) is 4.79 Å².